The minimum atomic E-state index is -3.46. The summed E-state index contributed by atoms with van der Waals surface area (Å²) >= 11 is 5.80. The molecule has 0 unspecified atom stereocenters. The number of carbonyl (C=O) groups excluding carboxylic acids is 1. The van der Waals surface area contributed by atoms with Gasteiger partial charge in [0.2, 0.25) is 10.0 Å². The lowest BCUT2D eigenvalue weighted by molar-refractivity contribution is 0.0955. The van der Waals surface area contributed by atoms with E-state index in [0.717, 1.165) is 17.4 Å². The summed E-state index contributed by atoms with van der Waals surface area (Å²) in [5.74, 6) is -0.272. The molecule has 0 radical (unpaired) electrons. The number of aryl methyl sites for hydroxylation is 2. The van der Waals surface area contributed by atoms with E-state index < -0.39 is 10.0 Å². The molecule has 0 atom stereocenters. The Balaban J connectivity index is 2.08. The number of anilines is 1. The van der Waals surface area contributed by atoms with E-state index in [1.165, 1.54) is 4.31 Å². The molecule has 0 spiro atoms. The van der Waals surface area contributed by atoms with Gasteiger partial charge in [-0.05, 0) is 49.7 Å². The molecule has 7 heteroatoms. The van der Waals surface area contributed by atoms with Crippen LogP contribution < -0.4 is 9.62 Å². The zero-order valence-corrected chi connectivity index (χ0v) is 16.0. The lowest BCUT2D eigenvalue weighted by Gasteiger charge is -2.24. The number of hydrogen-bond donors (Lipinski definition) is 1. The molecule has 134 valence electrons. The highest BCUT2D eigenvalue weighted by Gasteiger charge is 2.19. The van der Waals surface area contributed by atoms with Crippen molar-refractivity contribution in [3.05, 3.63) is 64.2 Å². The molecule has 1 N–H and O–H groups in total. The van der Waals surface area contributed by atoms with Crippen LogP contribution in [0.4, 0.5) is 5.69 Å². The Morgan fingerprint density at radius 3 is 2.32 bits per heavy atom. The molecule has 0 fully saturated rings. The molecule has 0 aliphatic heterocycles. The lowest BCUT2D eigenvalue weighted by atomic mass is 10.1. The topological polar surface area (TPSA) is 66.5 Å². The number of amides is 1. The largest absolute Gasteiger partial charge is 0.350 e. The molecule has 0 aromatic heterocycles. The summed E-state index contributed by atoms with van der Waals surface area (Å²) in [7, 11) is -3.46. The van der Waals surface area contributed by atoms with Crippen molar-refractivity contribution in [3.8, 4) is 0 Å². The van der Waals surface area contributed by atoms with E-state index in [-0.39, 0.29) is 19.0 Å². The number of benzene rings is 2. The summed E-state index contributed by atoms with van der Waals surface area (Å²) < 4.78 is 25.6. The second kappa shape index (κ2) is 7.89. The van der Waals surface area contributed by atoms with E-state index >= 15 is 0 Å². The number of nitrogens with one attached hydrogen (secondary N) is 1. The number of carbonyl (C=O) groups is 1. The molecule has 0 bridgehead atoms. The third-order valence-electron chi connectivity index (χ3n) is 3.73. The second-order valence-corrected chi connectivity index (χ2v) is 8.23. The van der Waals surface area contributed by atoms with Crippen LogP contribution in [-0.4, -0.2) is 33.7 Å². The number of hydrogen-bond acceptors (Lipinski definition) is 3. The van der Waals surface area contributed by atoms with Crippen LogP contribution in [0.2, 0.25) is 5.02 Å². The lowest BCUT2D eigenvalue weighted by Crippen LogP contribution is -2.38. The van der Waals surface area contributed by atoms with Crippen molar-refractivity contribution in [2.24, 2.45) is 0 Å². The monoisotopic (exact) mass is 380 g/mol. The molecule has 5 nitrogen and oxygen atoms in total. The zero-order chi connectivity index (χ0) is 18.6. The van der Waals surface area contributed by atoms with E-state index in [0.29, 0.717) is 16.3 Å². The molecular formula is C18H21ClN2O3S. The van der Waals surface area contributed by atoms with Gasteiger partial charge < -0.3 is 5.32 Å². The van der Waals surface area contributed by atoms with Crippen molar-refractivity contribution < 1.29 is 13.2 Å². The molecule has 0 aliphatic carbocycles. The van der Waals surface area contributed by atoms with Crippen molar-refractivity contribution in [1.82, 2.24) is 5.32 Å². The molecule has 0 saturated heterocycles. The van der Waals surface area contributed by atoms with Crippen LogP contribution in [0.15, 0.2) is 42.5 Å². The Morgan fingerprint density at radius 1 is 1.12 bits per heavy atom. The smallest absolute Gasteiger partial charge is 0.251 e. The van der Waals surface area contributed by atoms with E-state index in [4.69, 9.17) is 11.6 Å². The Kier molecular flexibility index (Phi) is 6.08. The average Bonchev–Trinajstić information content (AvgIpc) is 2.52. The average molecular weight is 381 g/mol. The van der Waals surface area contributed by atoms with Gasteiger partial charge in [-0.2, -0.15) is 0 Å². The predicted octanol–water partition coefficient (Wildman–Crippen LogP) is 3.15. The standard InChI is InChI=1S/C18H21ClN2O3S/c1-13-4-9-17(14(2)12-13)21(25(3,23)24)11-10-20-18(22)15-5-7-16(19)8-6-15/h4-9,12H,10-11H2,1-3H3,(H,20,22). The third kappa shape index (κ3) is 5.21. The number of halogens is 1. The third-order valence-corrected chi connectivity index (χ3v) is 5.16. The fraction of sp³-hybridized carbons (Fsp3) is 0.278. The second-order valence-electron chi connectivity index (χ2n) is 5.89. The van der Waals surface area contributed by atoms with Gasteiger partial charge in [0.05, 0.1) is 18.5 Å². The maximum absolute atomic E-state index is 12.2. The van der Waals surface area contributed by atoms with Gasteiger partial charge in [0.15, 0.2) is 0 Å². The van der Waals surface area contributed by atoms with Crippen molar-refractivity contribution in [1.29, 1.82) is 0 Å². The highest BCUT2D eigenvalue weighted by molar-refractivity contribution is 7.92. The Morgan fingerprint density at radius 2 is 1.76 bits per heavy atom. The van der Waals surface area contributed by atoms with Gasteiger partial charge in [-0.15, -0.1) is 0 Å². The first kappa shape index (κ1) is 19.3. The van der Waals surface area contributed by atoms with Crippen molar-refractivity contribution in [3.63, 3.8) is 0 Å². The summed E-state index contributed by atoms with van der Waals surface area (Å²) in [6.07, 6.45) is 1.16. The zero-order valence-electron chi connectivity index (χ0n) is 14.4. The van der Waals surface area contributed by atoms with Crippen LogP contribution in [-0.2, 0) is 10.0 Å². The van der Waals surface area contributed by atoms with Gasteiger partial charge in [0.25, 0.3) is 5.91 Å². The van der Waals surface area contributed by atoms with Crippen LogP contribution in [0, 0.1) is 13.8 Å². The molecule has 2 aromatic rings. The molecule has 2 aromatic carbocycles. The molecule has 0 heterocycles. The van der Waals surface area contributed by atoms with E-state index in [1.807, 2.05) is 26.0 Å². The van der Waals surface area contributed by atoms with Crippen LogP contribution in [0.1, 0.15) is 21.5 Å². The van der Waals surface area contributed by atoms with Gasteiger partial charge in [0.1, 0.15) is 0 Å². The minimum Gasteiger partial charge on any atom is -0.350 e. The fourth-order valence-electron chi connectivity index (χ4n) is 2.52. The summed E-state index contributed by atoms with van der Waals surface area (Å²) in [5.41, 5.74) is 3.02. The van der Waals surface area contributed by atoms with Gasteiger partial charge in [-0.3, -0.25) is 9.10 Å². The fourth-order valence-corrected chi connectivity index (χ4v) is 3.64. The molecule has 25 heavy (non-hydrogen) atoms. The molecule has 0 saturated carbocycles. The summed E-state index contributed by atoms with van der Waals surface area (Å²) in [6.45, 7) is 4.17. The number of nitrogens with zero attached hydrogens (tertiary/aromatic N) is 1. The van der Waals surface area contributed by atoms with Gasteiger partial charge in [0, 0.05) is 17.1 Å². The Hall–Kier alpha value is -2.05. The normalized spacial score (nSPS) is 11.2. The number of sulfonamides is 1. The van der Waals surface area contributed by atoms with E-state index in [9.17, 15) is 13.2 Å². The first-order chi connectivity index (χ1) is 11.7. The predicted molar refractivity (Wildman–Crippen MR) is 102 cm³/mol. The van der Waals surface area contributed by atoms with Crippen LogP contribution in [0.5, 0.6) is 0 Å². The highest BCUT2D eigenvalue weighted by atomic mass is 35.5. The summed E-state index contributed by atoms with van der Waals surface area (Å²) in [4.78, 5) is 12.1. The maximum Gasteiger partial charge on any atom is 0.251 e. The Bertz CT molecular complexity index is 864. The SMILES string of the molecule is Cc1ccc(N(CCNC(=O)c2ccc(Cl)cc2)S(C)(=O)=O)c(C)c1. The van der Waals surface area contributed by atoms with Gasteiger partial charge in [-0.25, -0.2) is 8.42 Å². The van der Waals surface area contributed by atoms with E-state index in [1.54, 1.807) is 30.3 Å². The molecular weight excluding hydrogens is 360 g/mol. The summed E-state index contributed by atoms with van der Waals surface area (Å²) in [6, 6.07) is 12.1. The Labute approximate surface area is 153 Å². The molecule has 0 aliphatic rings. The molecule has 1 amide bonds. The van der Waals surface area contributed by atoms with Crippen molar-refractivity contribution in [2.75, 3.05) is 23.7 Å². The van der Waals surface area contributed by atoms with Gasteiger partial charge in [-0.1, -0.05) is 29.3 Å². The number of rotatable bonds is 6. The van der Waals surface area contributed by atoms with Crippen molar-refractivity contribution >= 4 is 33.2 Å². The first-order valence-electron chi connectivity index (χ1n) is 7.77. The van der Waals surface area contributed by atoms with Crippen LogP contribution >= 0.6 is 11.6 Å². The van der Waals surface area contributed by atoms with Crippen LogP contribution in [0.25, 0.3) is 0 Å². The van der Waals surface area contributed by atoms with E-state index in [2.05, 4.69) is 5.32 Å². The van der Waals surface area contributed by atoms with Gasteiger partial charge >= 0.3 is 0 Å². The minimum absolute atomic E-state index is 0.155. The maximum atomic E-state index is 12.2. The van der Waals surface area contributed by atoms with Crippen molar-refractivity contribution in [2.45, 2.75) is 13.8 Å². The highest BCUT2D eigenvalue weighted by Crippen LogP contribution is 2.23. The van der Waals surface area contributed by atoms with Crippen LogP contribution in [0.3, 0.4) is 0 Å². The molecule has 2 rings (SSSR count). The first-order valence-corrected chi connectivity index (χ1v) is 10.00. The summed E-state index contributed by atoms with van der Waals surface area (Å²) in [5, 5.41) is 3.28. The quantitative estimate of drug-likeness (QED) is 0.837.